The number of methoxy groups -OCH3 is 1. The molecule has 0 spiro atoms. The number of alkyl halides is 3. The summed E-state index contributed by atoms with van der Waals surface area (Å²) in [5.74, 6) is 0.491. The lowest BCUT2D eigenvalue weighted by Gasteiger charge is -2.47. The average Bonchev–Trinajstić information content (AvgIpc) is 3.00. The third-order valence-electron chi connectivity index (χ3n) is 5.63. The van der Waals surface area contributed by atoms with E-state index in [9.17, 15) is 13.2 Å². The van der Waals surface area contributed by atoms with Gasteiger partial charge in [0, 0.05) is 42.9 Å². The second kappa shape index (κ2) is 6.39. The third kappa shape index (κ3) is 2.99. The van der Waals surface area contributed by atoms with Crippen molar-refractivity contribution in [1.29, 1.82) is 0 Å². The summed E-state index contributed by atoms with van der Waals surface area (Å²) in [4.78, 5) is 8.27. The Labute approximate surface area is 144 Å². The maximum Gasteiger partial charge on any atom is 0.433 e. The molecule has 4 rings (SSSR count). The summed E-state index contributed by atoms with van der Waals surface area (Å²) < 4.78 is 51.3. The number of aromatic nitrogens is 2. The standard InChI is InChI=1S/C17H22F3N3O2/c1-24-8-11-13(10-6-7-25-14(10)11)22-16-21-12-5-3-2-4-9(12)15(23-16)17(18,19)20/h10-11,13-14H,2-8H2,1H3,(H,21,22,23). The molecule has 2 fully saturated rings. The highest BCUT2D eigenvalue weighted by Gasteiger charge is 2.54. The molecular weight excluding hydrogens is 335 g/mol. The maximum absolute atomic E-state index is 13.4. The smallest absolute Gasteiger partial charge is 0.384 e. The van der Waals surface area contributed by atoms with Crippen LogP contribution in [0.5, 0.6) is 0 Å². The zero-order valence-corrected chi connectivity index (χ0v) is 14.1. The van der Waals surface area contributed by atoms with E-state index in [0.717, 1.165) is 19.3 Å². The first-order chi connectivity index (χ1) is 12.0. The molecule has 4 atom stereocenters. The highest BCUT2D eigenvalue weighted by atomic mass is 19.4. The number of hydrogen-bond acceptors (Lipinski definition) is 5. The fourth-order valence-corrected chi connectivity index (χ4v) is 4.48. The molecule has 1 aliphatic heterocycles. The molecule has 2 aliphatic carbocycles. The van der Waals surface area contributed by atoms with E-state index in [4.69, 9.17) is 9.47 Å². The molecule has 1 aromatic rings. The van der Waals surface area contributed by atoms with E-state index < -0.39 is 11.9 Å². The second-order valence-electron chi connectivity index (χ2n) is 7.10. The van der Waals surface area contributed by atoms with Gasteiger partial charge in [-0.25, -0.2) is 9.97 Å². The number of rotatable bonds is 4. The van der Waals surface area contributed by atoms with Crippen molar-refractivity contribution in [2.75, 3.05) is 25.6 Å². The van der Waals surface area contributed by atoms with Crippen LogP contribution in [0.4, 0.5) is 19.1 Å². The molecule has 0 radical (unpaired) electrons. The van der Waals surface area contributed by atoms with Gasteiger partial charge >= 0.3 is 6.18 Å². The third-order valence-corrected chi connectivity index (χ3v) is 5.63. The average molecular weight is 357 g/mol. The minimum atomic E-state index is -4.45. The Balaban J connectivity index is 1.62. The van der Waals surface area contributed by atoms with E-state index in [1.54, 1.807) is 7.11 Å². The first-order valence-electron chi connectivity index (χ1n) is 8.83. The van der Waals surface area contributed by atoms with Gasteiger partial charge in [-0.15, -0.1) is 0 Å². The molecule has 4 unspecified atom stereocenters. The van der Waals surface area contributed by atoms with Gasteiger partial charge in [0.2, 0.25) is 5.95 Å². The van der Waals surface area contributed by atoms with E-state index >= 15 is 0 Å². The minimum absolute atomic E-state index is 0.00447. The van der Waals surface area contributed by atoms with Gasteiger partial charge in [0.1, 0.15) is 0 Å². The van der Waals surface area contributed by atoms with Crippen LogP contribution >= 0.6 is 0 Å². The number of nitrogens with one attached hydrogen (secondary N) is 1. The van der Waals surface area contributed by atoms with Crippen LogP contribution in [0.3, 0.4) is 0 Å². The number of fused-ring (bicyclic) bond motifs is 2. The Morgan fingerprint density at radius 1 is 1.24 bits per heavy atom. The number of halogens is 3. The first kappa shape index (κ1) is 17.0. The molecule has 2 heterocycles. The van der Waals surface area contributed by atoms with Gasteiger partial charge in [0.05, 0.1) is 12.7 Å². The number of anilines is 1. The van der Waals surface area contributed by atoms with Gasteiger partial charge in [-0.2, -0.15) is 13.2 Å². The zero-order valence-electron chi connectivity index (χ0n) is 14.1. The summed E-state index contributed by atoms with van der Waals surface area (Å²) in [5, 5.41) is 3.17. The van der Waals surface area contributed by atoms with E-state index in [0.29, 0.717) is 31.7 Å². The second-order valence-corrected chi connectivity index (χ2v) is 7.10. The van der Waals surface area contributed by atoms with Crippen LogP contribution in [0.2, 0.25) is 0 Å². The predicted molar refractivity (Wildman–Crippen MR) is 84.3 cm³/mol. The largest absolute Gasteiger partial charge is 0.433 e. The van der Waals surface area contributed by atoms with E-state index in [2.05, 4.69) is 15.3 Å². The van der Waals surface area contributed by atoms with Crippen molar-refractivity contribution in [3.05, 3.63) is 17.0 Å². The fourth-order valence-electron chi connectivity index (χ4n) is 4.48. The van der Waals surface area contributed by atoms with Crippen LogP contribution in [0.1, 0.15) is 36.2 Å². The number of nitrogens with zero attached hydrogens (tertiary/aromatic N) is 2. The molecule has 1 saturated heterocycles. The first-order valence-corrected chi connectivity index (χ1v) is 8.83. The zero-order chi connectivity index (χ0) is 17.6. The quantitative estimate of drug-likeness (QED) is 0.898. The van der Waals surface area contributed by atoms with Crippen molar-refractivity contribution in [2.45, 2.75) is 50.4 Å². The lowest BCUT2D eigenvalue weighted by atomic mass is 9.67. The summed E-state index contributed by atoms with van der Waals surface area (Å²) in [6, 6.07) is -0.00447. The Morgan fingerprint density at radius 2 is 2.04 bits per heavy atom. The maximum atomic E-state index is 13.4. The summed E-state index contributed by atoms with van der Waals surface area (Å²) in [6.45, 7) is 1.20. The van der Waals surface area contributed by atoms with Crippen LogP contribution < -0.4 is 5.32 Å². The Kier molecular flexibility index (Phi) is 4.35. The van der Waals surface area contributed by atoms with Gasteiger partial charge in [-0.1, -0.05) is 0 Å². The van der Waals surface area contributed by atoms with Crippen LogP contribution in [-0.2, 0) is 28.5 Å². The van der Waals surface area contributed by atoms with Gasteiger partial charge < -0.3 is 14.8 Å². The Bertz CT molecular complexity index is 653. The van der Waals surface area contributed by atoms with Crippen molar-refractivity contribution in [3.63, 3.8) is 0 Å². The molecule has 1 aromatic heterocycles. The highest BCUT2D eigenvalue weighted by Crippen LogP contribution is 2.45. The molecule has 0 aromatic carbocycles. The van der Waals surface area contributed by atoms with Crippen LogP contribution in [0.15, 0.2) is 0 Å². The number of aryl methyl sites for hydroxylation is 1. The molecule has 0 amide bonds. The summed E-state index contributed by atoms with van der Waals surface area (Å²) >= 11 is 0. The van der Waals surface area contributed by atoms with Crippen molar-refractivity contribution in [3.8, 4) is 0 Å². The highest BCUT2D eigenvalue weighted by molar-refractivity contribution is 5.39. The SMILES string of the molecule is COCC1C(Nc2nc3c(c(C(F)(F)F)n2)CCCC3)C2CCOC21. The summed E-state index contributed by atoms with van der Waals surface area (Å²) in [6.07, 6.45) is -0.821. The predicted octanol–water partition coefficient (Wildman–Crippen LogP) is 2.84. The van der Waals surface area contributed by atoms with Gasteiger partial charge in [-0.3, -0.25) is 0 Å². The van der Waals surface area contributed by atoms with E-state index in [1.165, 1.54) is 0 Å². The monoisotopic (exact) mass is 357 g/mol. The molecule has 1 saturated carbocycles. The molecular formula is C17H22F3N3O2. The number of ether oxygens (including phenoxy) is 2. The van der Waals surface area contributed by atoms with Gasteiger partial charge in [-0.05, 0) is 32.1 Å². The normalized spacial score (nSPS) is 31.2. The Morgan fingerprint density at radius 3 is 2.80 bits per heavy atom. The Hall–Kier alpha value is -1.41. The molecule has 25 heavy (non-hydrogen) atoms. The lowest BCUT2D eigenvalue weighted by Crippen LogP contribution is -2.59. The topological polar surface area (TPSA) is 56.3 Å². The van der Waals surface area contributed by atoms with E-state index in [1.807, 2.05) is 0 Å². The minimum Gasteiger partial charge on any atom is -0.384 e. The van der Waals surface area contributed by atoms with Crippen molar-refractivity contribution >= 4 is 5.95 Å². The van der Waals surface area contributed by atoms with Crippen LogP contribution in [0, 0.1) is 11.8 Å². The van der Waals surface area contributed by atoms with Crippen molar-refractivity contribution in [1.82, 2.24) is 9.97 Å². The number of hydrogen-bond donors (Lipinski definition) is 1. The summed E-state index contributed by atoms with van der Waals surface area (Å²) in [5.41, 5.74) is 0.0351. The van der Waals surface area contributed by atoms with Crippen molar-refractivity contribution in [2.24, 2.45) is 11.8 Å². The van der Waals surface area contributed by atoms with Gasteiger partial charge in [0.15, 0.2) is 5.69 Å². The van der Waals surface area contributed by atoms with Crippen molar-refractivity contribution < 1.29 is 22.6 Å². The van der Waals surface area contributed by atoms with Crippen LogP contribution in [-0.4, -0.2) is 42.4 Å². The van der Waals surface area contributed by atoms with Crippen LogP contribution in [0.25, 0.3) is 0 Å². The molecule has 8 heteroatoms. The van der Waals surface area contributed by atoms with E-state index in [-0.39, 0.29) is 35.5 Å². The molecule has 1 N–H and O–H groups in total. The molecule has 0 bridgehead atoms. The van der Waals surface area contributed by atoms with Gasteiger partial charge in [0.25, 0.3) is 0 Å². The fraction of sp³-hybridized carbons (Fsp3) is 0.765. The molecule has 5 nitrogen and oxygen atoms in total. The summed E-state index contributed by atoms with van der Waals surface area (Å²) in [7, 11) is 1.62. The lowest BCUT2D eigenvalue weighted by molar-refractivity contribution is -0.142. The molecule has 3 aliphatic rings. The molecule has 138 valence electrons.